The molecule has 2 rings (SSSR count). The number of amides is 1. The van der Waals surface area contributed by atoms with Gasteiger partial charge >= 0.3 is 5.97 Å². The maximum Gasteiger partial charge on any atom is 0.323 e. The summed E-state index contributed by atoms with van der Waals surface area (Å²) in [6.45, 7) is 7.56. The summed E-state index contributed by atoms with van der Waals surface area (Å²) < 4.78 is 26.9. The summed E-state index contributed by atoms with van der Waals surface area (Å²) in [5.41, 5.74) is 0.953. The monoisotopic (exact) mass is 382 g/mol. The van der Waals surface area contributed by atoms with E-state index in [0.29, 0.717) is 0 Å². The number of nitrogens with zero attached hydrogens (tertiary/aromatic N) is 2. The molecule has 0 aromatic heterocycles. The third-order valence-corrected chi connectivity index (χ3v) is 7.11. The fraction of sp³-hybridized carbons (Fsp3) is 0.556. The van der Waals surface area contributed by atoms with Crippen LogP contribution in [0.1, 0.15) is 39.7 Å². The Bertz CT molecular complexity index is 786. The van der Waals surface area contributed by atoms with Crippen molar-refractivity contribution in [2.75, 3.05) is 19.6 Å². The second-order valence-electron chi connectivity index (χ2n) is 7.20. The minimum atomic E-state index is -3.96. The van der Waals surface area contributed by atoms with Crippen LogP contribution < -0.4 is 0 Å². The highest BCUT2D eigenvalue weighted by Crippen LogP contribution is 2.29. The second kappa shape index (κ2) is 7.36. The topological polar surface area (TPSA) is 95.0 Å². The minimum Gasteiger partial charge on any atom is -0.480 e. The number of carboxylic acids is 1. The molecular weight excluding hydrogens is 356 g/mol. The van der Waals surface area contributed by atoms with E-state index in [2.05, 4.69) is 20.8 Å². The fourth-order valence-electron chi connectivity index (χ4n) is 2.96. The fourth-order valence-corrected chi connectivity index (χ4v) is 4.52. The zero-order valence-electron chi connectivity index (χ0n) is 15.6. The van der Waals surface area contributed by atoms with E-state index in [-0.39, 0.29) is 35.9 Å². The Morgan fingerprint density at radius 1 is 1.19 bits per heavy atom. The number of sulfonamides is 1. The summed E-state index contributed by atoms with van der Waals surface area (Å²) in [5.74, 6) is -1.53. The molecule has 1 aromatic carbocycles. The molecular formula is C18H26N2O5S. The van der Waals surface area contributed by atoms with Crippen molar-refractivity contribution in [3.63, 3.8) is 0 Å². The van der Waals surface area contributed by atoms with Gasteiger partial charge < -0.3 is 10.0 Å². The van der Waals surface area contributed by atoms with Gasteiger partial charge in [-0.25, -0.2) is 8.42 Å². The molecule has 7 nitrogen and oxygen atoms in total. The van der Waals surface area contributed by atoms with Crippen molar-refractivity contribution in [2.24, 2.45) is 0 Å². The first-order valence-electron chi connectivity index (χ1n) is 8.61. The minimum absolute atomic E-state index is 0.0406. The van der Waals surface area contributed by atoms with Crippen molar-refractivity contribution in [3.8, 4) is 0 Å². The summed E-state index contributed by atoms with van der Waals surface area (Å²) in [6, 6.07) is 5.32. The van der Waals surface area contributed by atoms with Gasteiger partial charge in [0.15, 0.2) is 0 Å². The highest BCUT2D eigenvalue weighted by Gasteiger charge is 2.40. The maximum atomic E-state index is 13.0. The van der Waals surface area contributed by atoms with Gasteiger partial charge in [0.2, 0.25) is 15.9 Å². The van der Waals surface area contributed by atoms with Gasteiger partial charge in [0, 0.05) is 26.6 Å². The number of benzene rings is 1. The van der Waals surface area contributed by atoms with E-state index < -0.39 is 22.0 Å². The van der Waals surface area contributed by atoms with Gasteiger partial charge in [-0.15, -0.1) is 0 Å². The standard InChI is InChI=1S/C18H26N2O5S/c1-5-18(3,4)14-6-8-15(9-7-14)26(24,25)20-11-10-19(13(2)21)12-16(20)17(22)23/h6-9,16H,5,10-12H2,1-4H3,(H,22,23). The first-order chi connectivity index (χ1) is 12.0. The molecule has 1 fully saturated rings. The number of hydrogen-bond acceptors (Lipinski definition) is 4. The van der Waals surface area contributed by atoms with Gasteiger partial charge in [-0.2, -0.15) is 4.31 Å². The van der Waals surface area contributed by atoms with Gasteiger partial charge in [-0.3, -0.25) is 9.59 Å². The van der Waals surface area contributed by atoms with E-state index in [9.17, 15) is 23.1 Å². The lowest BCUT2D eigenvalue weighted by molar-refractivity contribution is -0.145. The van der Waals surface area contributed by atoms with Gasteiger partial charge in [0.25, 0.3) is 0 Å². The first kappa shape index (κ1) is 20.4. The van der Waals surface area contributed by atoms with Crippen molar-refractivity contribution in [2.45, 2.75) is 50.5 Å². The smallest absolute Gasteiger partial charge is 0.323 e. The Labute approximate surface area is 154 Å². The van der Waals surface area contributed by atoms with Crippen LogP contribution in [0, 0.1) is 0 Å². The van der Waals surface area contributed by atoms with E-state index >= 15 is 0 Å². The summed E-state index contributed by atoms with van der Waals surface area (Å²) in [7, 11) is -3.96. The molecule has 1 heterocycles. The van der Waals surface area contributed by atoms with Crippen LogP contribution >= 0.6 is 0 Å². The molecule has 1 amide bonds. The molecule has 8 heteroatoms. The van der Waals surface area contributed by atoms with E-state index in [1.54, 1.807) is 12.1 Å². The van der Waals surface area contributed by atoms with Crippen LogP contribution in [0.3, 0.4) is 0 Å². The molecule has 1 aromatic rings. The highest BCUT2D eigenvalue weighted by molar-refractivity contribution is 7.89. The van der Waals surface area contributed by atoms with Crippen molar-refractivity contribution in [3.05, 3.63) is 29.8 Å². The van der Waals surface area contributed by atoms with Crippen LogP contribution in [-0.4, -0.2) is 60.3 Å². The van der Waals surface area contributed by atoms with Crippen molar-refractivity contribution in [1.29, 1.82) is 0 Å². The normalized spacial score (nSPS) is 19.4. The van der Waals surface area contributed by atoms with Crippen LogP contribution in [0.4, 0.5) is 0 Å². The summed E-state index contributed by atoms with van der Waals surface area (Å²) in [5, 5.41) is 9.46. The molecule has 0 aliphatic carbocycles. The second-order valence-corrected chi connectivity index (χ2v) is 9.09. The predicted molar refractivity (Wildman–Crippen MR) is 97.3 cm³/mol. The Morgan fingerprint density at radius 3 is 2.23 bits per heavy atom. The van der Waals surface area contributed by atoms with E-state index in [0.717, 1.165) is 16.3 Å². The highest BCUT2D eigenvalue weighted by atomic mass is 32.2. The lowest BCUT2D eigenvalue weighted by Gasteiger charge is -2.38. The molecule has 1 atom stereocenters. The number of aliphatic carboxylic acids is 1. The number of carbonyl (C=O) groups excluding carboxylic acids is 1. The lowest BCUT2D eigenvalue weighted by Crippen LogP contribution is -2.58. The molecule has 0 bridgehead atoms. The quantitative estimate of drug-likeness (QED) is 0.836. The Hall–Kier alpha value is -1.93. The van der Waals surface area contributed by atoms with Gasteiger partial charge in [-0.05, 0) is 29.5 Å². The molecule has 1 aliphatic rings. The predicted octanol–water partition coefficient (Wildman–Crippen LogP) is 1.68. The maximum absolute atomic E-state index is 13.0. The van der Waals surface area contributed by atoms with Crippen LogP contribution in [0.25, 0.3) is 0 Å². The zero-order valence-corrected chi connectivity index (χ0v) is 16.4. The number of rotatable bonds is 5. The van der Waals surface area contributed by atoms with Gasteiger partial charge in [0.1, 0.15) is 6.04 Å². The van der Waals surface area contributed by atoms with Crippen molar-refractivity contribution in [1.82, 2.24) is 9.21 Å². The van der Waals surface area contributed by atoms with E-state index in [1.165, 1.54) is 24.0 Å². The summed E-state index contributed by atoms with van der Waals surface area (Å²) in [4.78, 5) is 24.5. The molecule has 0 saturated carbocycles. The lowest BCUT2D eigenvalue weighted by atomic mass is 9.82. The Morgan fingerprint density at radius 2 is 1.77 bits per heavy atom. The molecule has 0 radical (unpaired) electrons. The number of carboxylic acid groups (broad SMARTS) is 1. The van der Waals surface area contributed by atoms with Gasteiger partial charge in [0.05, 0.1) is 4.90 Å². The van der Waals surface area contributed by atoms with Crippen LogP contribution in [0.2, 0.25) is 0 Å². The third-order valence-electron chi connectivity index (χ3n) is 5.19. The number of carbonyl (C=O) groups is 2. The van der Waals surface area contributed by atoms with Crippen molar-refractivity contribution < 1.29 is 23.1 Å². The Balaban J connectivity index is 2.34. The van der Waals surface area contributed by atoms with E-state index in [1.807, 2.05) is 0 Å². The third kappa shape index (κ3) is 3.91. The summed E-state index contributed by atoms with van der Waals surface area (Å²) >= 11 is 0. The number of piperazine rings is 1. The molecule has 1 unspecified atom stereocenters. The SMILES string of the molecule is CCC(C)(C)c1ccc(S(=O)(=O)N2CCN(C(C)=O)CC2C(=O)O)cc1. The summed E-state index contributed by atoms with van der Waals surface area (Å²) in [6.07, 6.45) is 0.910. The van der Waals surface area contributed by atoms with Gasteiger partial charge in [-0.1, -0.05) is 32.9 Å². The van der Waals surface area contributed by atoms with Crippen LogP contribution in [-0.2, 0) is 25.0 Å². The first-order valence-corrected chi connectivity index (χ1v) is 10.1. The molecule has 26 heavy (non-hydrogen) atoms. The van der Waals surface area contributed by atoms with Crippen LogP contribution in [0.5, 0.6) is 0 Å². The molecule has 1 aliphatic heterocycles. The molecule has 0 spiro atoms. The molecule has 144 valence electrons. The van der Waals surface area contributed by atoms with E-state index in [4.69, 9.17) is 0 Å². The van der Waals surface area contributed by atoms with Crippen LogP contribution in [0.15, 0.2) is 29.2 Å². The molecule has 1 N–H and O–H groups in total. The zero-order chi connectivity index (χ0) is 19.7. The number of hydrogen-bond donors (Lipinski definition) is 1. The van der Waals surface area contributed by atoms with Crippen molar-refractivity contribution >= 4 is 21.9 Å². The Kier molecular flexibility index (Phi) is 5.77. The average molecular weight is 382 g/mol. The largest absolute Gasteiger partial charge is 0.480 e. The molecule has 1 saturated heterocycles. The average Bonchev–Trinajstić information content (AvgIpc) is 2.61.